The first-order chi connectivity index (χ1) is 11.2. The maximum Gasteiger partial charge on any atom is 0.133 e. The molecule has 3 rings (SSSR count). The van der Waals surface area contributed by atoms with Crippen LogP contribution in [0.2, 0.25) is 0 Å². The monoisotopic (exact) mass is 374 g/mol. The van der Waals surface area contributed by atoms with E-state index in [0.717, 1.165) is 55.2 Å². The summed E-state index contributed by atoms with van der Waals surface area (Å²) in [5.74, 6) is 1.81. The fourth-order valence-electron chi connectivity index (χ4n) is 2.87. The molecule has 0 unspecified atom stereocenters. The number of hydrogen-bond donors (Lipinski definition) is 0. The van der Waals surface area contributed by atoms with Gasteiger partial charge in [0.15, 0.2) is 0 Å². The number of nitrogens with zero attached hydrogens (tertiary/aromatic N) is 2. The van der Waals surface area contributed by atoms with Crippen molar-refractivity contribution in [3.8, 4) is 11.5 Å². The molecule has 0 N–H and O–H groups in total. The Labute approximate surface area is 147 Å². The summed E-state index contributed by atoms with van der Waals surface area (Å²) in [6.45, 7) is 8.87. The molecule has 0 radical (unpaired) electrons. The summed E-state index contributed by atoms with van der Waals surface area (Å²) < 4.78 is 7.15. The fraction of sp³-hybridized carbons (Fsp3) is 0.368. The van der Waals surface area contributed by atoms with Crippen LogP contribution >= 0.6 is 15.9 Å². The first kappa shape index (κ1) is 16.5. The number of likely N-dealkylation sites (N-methyl/N-ethyl adjacent to an activating group) is 1. The summed E-state index contributed by atoms with van der Waals surface area (Å²) in [6.07, 6.45) is 0. The summed E-state index contributed by atoms with van der Waals surface area (Å²) in [4.78, 5) is 5.01. The molecule has 0 saturated carbocycles. The van der Waals surface area contributed by atoms with Crippen LogP contribution in [0.25, 0.3) is 0 Å². The molecule has 1 aliphatic heterocycles. The van der Waals surface area contributed by atoms with Crippen molar-refractivity contribution in [3.63, 3.8) is 0 Å². The third kappa shape index (κ3) is 4.56. The second-order valence-electron chi connectivity index (χ2n) is 5.88. The SMILES string of the molecule is CCN1CCN(Cc2ccc(Br)cc2Oc2ccccc2)CC1. The van der Waals surface area contributed by atoms with Crippen LogP contribution in [-0.4, -0.2) is 42.5 Å². The summed E-state index contributed by atoms with van der Waals surface area (Å²) >= 11 is 3.55. The van der Waals surface area contributed by atoms with E-state index in [0.29, 0.717) is 0 Å². The lowest BCUT2D eigenvalue weighted by molar-refractivity contribution is 0.131. The van der Waals surface area contributed by atoms with Gasteiger partial charge in [-0.2, -0.15) is 0 Å². The summed E-state index contributed by atoms with van der Waals surface area (Å²) in [5.41, 5.74) is 1.24. The van der Waals surface area contributed by atoms with Crippen LogP contribution in [0.15, 0.2) is 53.0 Å². The molecule has 0 aliphatic carbocycles. The molecular formula is C19H23BrN2O. The highest BCUT2D eigenvalue weighted by Gasteiger charge is 2.17. The molecule has 2 aromatic rings. The van der Waals surface area contributed by atoms with Gasteiger partial charge >= 0.3 is 0 Å². The summed E-state index contributed by atoms with van der Waals surface area (Å²) in [7, 11) is 0. The van der Waals surface area contributed by atoms with Crippen molar-refractivity contribution < 1.29 is 4.74 Å². The largest absolute Gasteiger partial charge is 0.457 e. The van der Waals surface area contributed by atoms with Gasteiger partial charge < -0.3 is 9.64 Å². The second kappa shape index (κ2) is 7.95. The van der Waals surface area contributed by atoms with Gasteiger partial charge in [-0.25, -0.2) is 0 Å². The van der Waals surface area contributed by atoms with Crippen molar-refractivity contribution in [1.82, 2.24) is 9.80 Å². The molecule has 1 heterocycles. The third-order valence-corrected chi connectivity index (χ3v) is 4.80. The molecule has 1 saturated heterocycles. The highest BCUT2D eigenvalue weighted by atomic mass is 79.9. The van der Waals surface area contributed by atoms with Gasteiger partial charge in [-0.1, -0.05) is 47.1 Å². The predicted octanol–water partition coefficient (Wildman–Crippen LogP) is 4.38. The first-order valence-corrected chi connectivity index (χ1v) is 9.00. The van der Waals surface area contributed by atoms with E-state index in [9.17, 15) is 0 Å². The minimum Gasteiger partial charge on any atom is -0.457 e. The minimum atomic E-state index is 0.877. The van der Waals surface area contributed by atoms with Gasteiger partial charge in [0, 0.05) is 42.8 Å². The molecule has 2 aromatic carbocycles. The highest BCUT2D eigenvalue weighted by molar-refractivity contribution is 9.10. The normalized spacial score (nSPS) is 16.4. The van der Waals surface area contributed by atoms with E-state index in [1.165, 1.54) is 5.56 Å². The molecule has 0 aromatic heterocycles. The van der Waals surface area contributed by atoms with E-state index in [1.54, 1.807) is 0 Å². The van der Waals surface area contributed by atoms with Crippen LogP contribution in [0.5, 0.6) is 11.5 Å². The topological polar surface area (TPSA) is 15.7 Å². The second-order valence-corrected chi connectivity index (χ2v) is 6.79. The lowest BCUT2D eigenvalue weighted by atomic mass is 10.1. The smallest absolute Gasteiger partial charge is 0.133 e. The lowest BCUT2D eigenvalue weighted by Gasteiger charge is -2.34. The molecule has 0 spiro atoms. The Hall–Kier alpha value is -1.36. The van der Waals surface area contributed by atoms with Gasteiger partial charge in [-0.05, 0) is 30.8 Å². The van der Waals surface area contributed by atoms with Crippen molar-refractivity contribution in [2.24, 2.45) is 0 Å². The Balaban J connectivity index is 1.72. The average molecular weight is 375 g/mol. The molecule has 0 amide bonds. The maximum absolute atomic E-state index is 6.11. The molecule has 4 heteroatoms. The molecular weight excluding hydrogens is 352 g/mol. The Morgan fingerprint density at radius 2 is 1.65 bits per heavy atom. The van der Waals surface area contributed by atoms with E-state index in [-0.39, 0.29) is 0 Å². The summed E-state index contributed by atoms with van der Waals surface area (Å²) in [6, 6.07) is 16.3. The van der Waals surface area contributed by atoms with Crippen LogP contribution < -0.4 is 4.74 Å². The number of piperazine rings is 1. The molecule has 1 fully saturated rings. The van der Waals surface area contributed by atoms with Crippen LogP contribution in [0, 0.1) is 0 Å². The van der Waals surface area contributed by atoms with E-state index >= 15 is 0 Å². The lowest BCUT2D eigenvalue weighted by Crippen LogP contribution is -2.45. The molecule has 3 nitrogen and oxygen atoms in total. The van der Waals surface area contributed by atoms with Gasteiger partial charge in [0.2, 0.25) is 0 Å². The predicted molar refractivity (Wildman–Crippen MR) is 98.0 cm³/mol. The van der Waals surface area contributed by atoms with E-state index in [2.05, 4.69) is 50.9 Å². The third-order valence-electron chi connectivity index (χ3n) is 4.31. The Bertz CT molecular complexity index is 625. The summed E-state index contributed by atoms with van der Waals surface area (Å²) in [5, 5.41) is 0. The van der Waals surface area contributed by atoms with E-state index in [4.69, 9.17) is 4.74 Å². The minimum absolute atomic E-state index is 0.877. The van der Waals surface area contributed by atoms with Crippen LogP contribution in [0.4, 0.5) is 0 Å². The molecule has 0 atom stereocenters. The van der Waals surface area contributed by atoms with Gasteiger partial charge in [0.25, 0.3) is 0 Å². The van der Waals surface area contributed by atoms with Gasteiger partial charge in [-0.15, -0.1) is 0 Å². The number of hydrogen-bond acceptors (Lipinski definition) is 3. The number of para-hydroxylation sites is 1. The zero-order valence-corrected chi connectivity index (χ0v) is 15.1. The molecule has 0 bridgehead atoms. The first-order valence-electron chi connectivity index (χ1n) is 8.20. The highest BCUT2D eigenvalue weighted by Crippen LogP contribution is 2.29. The van der Waals surface area contributed by atoms with Crippen molar-refractivity contribution in [2.75, 3.05) is 32.7 Å². The van der Waals surface area contributed by atoms with Crippen LogP contribution in [0.1, 0.15) is 12.5 Å². The fourth-order valence-corrected chi connectivity index (χ4v) is 3.21. The van der Waals surface area contributed by atoms with Crippen molar-refractivity contribution in [2.45, 2.75) is 13.5 Å². The number of benzene rings is 2. The number of halogens is 1. The van der Waals surface area contributed by atoms with Gasteiger partial charge in [0.1, 0.15) is 11.5 Å². The standard InChI is InChI=1S/C19H23BrN2O/c1-2-21-10-12-22(13-11-21)15-16-8-9-17(20)14-19(16)23-18-6-4-3-5-7-18/h3-9,14H,2,10-13,15H2,1H3. The Kier molecular flexibility index (Phi) is 5.70. The zero-order chi connectivity index (χ0) is 16.1. The molecule has 23 heavy (non-hydrogen) atoms. The van der Waals surface area contributed by atoms with Crippen LogP contribution in [-0.2, 0) is 6.54 Å². The molecule has 1 aliphatic rings. The van der Waals surface area contributed by atoms with Crippen molar-refractivity contribution >= 4 is 15.9 Å². The van der Waals surface area contributed by atoms with Crippen molar-refractivity contribution in [3.05, 3.63) is 58.6 Å². The quantitative estimate of drug-likeness (QED) is 0.772. The van der Waals surface area contributed by atoms with E-state index in [1.807, 2.05) is 30.3 Å². The Morgan fingerprint density at radius 3 is 2.35 bits per heavy atom. The van der Waals surface area contributed by atoms with Gasteiger partial charge in [0.05, 0.1) is 0 Å². The number of ether oxygens (including phenoxy) is 1. The average Bonchev–Trinajstić information content (AvgIpc) is 2.59. The van der Waals surface area contributed by atoms with Crippen molar-refractivity contribution in [1.29, 1.82) is 0 Å². The molecule has 122 valence electrons. The maximum atomic E-state index is 6.11. The number of rotatable bonds is 5. The van der Waals surface area contributed by atoms with Gasteiger partial charge in [-0.3, -0.25) is 4.90 Å². The van der Waals surface area contributed by atoms with E-state index < -0.39 is 0 Å². The Morgan fingerprint density at radius 1 is 0.957 bits per heavy atom. The zero-order valence-electron chi connectivity index (χ0n) is 13.5. The van der Waals surface area contributed by atoms with Crippen LogP contribution in [0.3, 0.4) is 0 Å².